The van der Waals surface area contributed by atoms with Gasteiger partial charge >= 0.3 is 6.09 Å². The van der Waals surface area contributed by atoms with Crippen LogP contribution in [0, 0.1) is 11.3 Å². The van der Waals surface area contributed by atoms with Crippen LogP contribution >= 0.6 is 0 Å². The molecule has 1 amide bonds. The van der Waals surface area contributed by atoms with Crippen molar-refractivity contribution in [2.45, 2.75) is 70.5 Å². The molecule has 0 aliphatic carbocycles. The summed E-state index contributed by atoms with van der Waals surface area (Å²) in [6, 6.07) is 11.7. The van der Waals surface area contributed by atoms with E-state index in [0.717, 1.165) is 5.56 Å². The minimum absolute atomic E-state index is 0.0292. The maximum Gasteiger partial charge on any atom is 0.410 e. The lowest BCUT2D eigenvalue weighted by Crippen LogP contribution is -2.44. The van der Waals surface area contributed by atoms with Crippen LogP contribution in [-0.2, 0) is 15.8 Å². The molecule has 5 nitrogen and oxygen atoms in total. The molecule has 1 aliphatic heterocycles. The molecule has 1 aliphatic rings. The van der Waals surface area contributed by atoms with Gasteiger partial charge in [-0.05, 0) is 30.1 Å². The van der Waals surface area contributed by atoms with Crippen molar-refractivity contribution in [2.24, 2.45) is 0 Å². The van der Waals surface area contributed by atoms with Gasteiger partial charge in [0.25, 0.3) is 0 Å². The molecule has 2 unspecified atom stereocenters. The largest absolute Gasteiger partial charge is 0.445 e. The van der Waals surface area contributed by atoms with Crippen LogP contribution < -0.4 is 0 Å². The Morgan fingerprint density at radius 3 is 2.54 bits per heavy atom. The normalized spacial score (nSPS) is 20.7. The molecule has 142 valence electrons. The van der Waals surface area contributed by atoms with Crippen molar-refractivity contribution < 1.29 is 14.0 Å². The maximum atomic E-state index is 12.6. The Labute approximate surface area is 158 Å². The van der Waals surface area contributed by atoms with Crippen LogP contribution in [0.25, 0.3) is 0 Å². The third-order valence-corrected chi connectivity index (χ3v) is 9.95. The summed E-state index contributed by atoms with van der Waals surface area (Å²) < 4.78 is 11.9. The van der Waals surface area contributed by atoms with Crippen LogP contribution in [0.4, 0.5) is 4.79 Å². The van der Waals surface area contributed by atoms with E-state index in [1.807, 2.05) is 30.3 Å². The highest BCUT2D eigenvalue weighted by Crippen LogP contribution is 2.39. The number of carbonyl (C=O) groups is 1. The summed E-state index contributed by atoms with van der Waals surface area (Å²) in [6.45, 7) is 11.8. The van der Waals surface area contributed by atoms with Gasteiger partial charge in [-0.3, -0.25) is 0 Å². The number of carbonyl (C=O) groups excluding carboxylic acids is 1. The summed E-state index contributed by atoms with van der Waals surface area (Å²) in [6.07, 6.45) is 0.604. The van der Waals surface area contributed by atoms with Crippen molar-refractivity contribution in [1.29, 1.82) is 5.26 Å². The van der Waals surface area contributed by atoms with E-state index in [1.165, 1.54) is 0 Å². The van der Waals surface area contributed by atoms with E-state index in [1.54, 1.807) is 4.90 Å². The van der Waals surface area contributed by atoms with Crippen molar-refractivity contribution in [3.8, 4) is 6.07 Å². The Bertz CT molecular complexity index is 649. The molecule has 1 aromatic rings. The molecule has 2 rings (SSSR count). The molecule has 0 bridgehead atoms. The first-order valence-electron chi connectivity index (χ1n) is 9.16. The molecule has 6 heteroatoms. The standard InChI is InChI=1S/C20H30N2O3Si/c1-20(2,3)26(4,5)25-18-13-17(11-12-21)22(14-18)19(23)24-15-16-9-7-6-8-10-16/h6-10,17-18H,11,13-15H2,1-5H3. The Hall–Kier alpha value is -1.84. The van der Waals surface area contributed by atoms with E-state index in [9.17, 15) is 4.79 Å². The minimum atomic E-state index is -1.92. The summed E-state index contributed by atoms with van der Waals surface area (Å²) in [5.74, 6) is 0. The van der Waals surface area contributed by atoms with Gasteiger partial charge in [0, 0.05) is 6.54 Å². The van der Waals surface area contributed by atoms with E-state index < -0.39 is 8.32 Å². The first-order chi connectivity index (χ1) is 12.1. The van der Waals surface area contributed by atoms with Crippen LogP contribution in [0.5, 0.6) is 0 Å². The number of likely N-dealkylation sites (tertiary alicyclic amines) is 1. The molecule has 0 radical (unpaired) electrons. The van der Waals surface area contributed by atoms with E-state index in [-0.39, 0.29) is 29.9 Å². The van der Waals surface area contributed by atoms with Crippen molar-refractivity contribution in [1.82, 2.24) is 4.90 Å². The van der Waals surface area contributed by atoms with Gasteiger partial charge in [-0.15, -0.1) is 0 Å². The molecule has 1 saturated heterocycles. The second-order valence-corrected chi connectivity index (χ2v) is 13.2. The highest BCUT2D eigenvalue weighted by molar-refractivity contribution is 6.74. The summed E-state index contributed by atoms with van der Waals surface area (Å²) >= 11 is 0. The Morgan fingerprint density at radius 1 is 1.31 bits per heavy atom. The first-order valence-corrected chi connectivity index (χ1v) is 12.1. The monoisotopic (exact) mass is 374 g/mol. The zero-order valence-corrected chi connectivity index (χ0v) is 17.5. The molecular weight excluding hydrogens is 344 g/mol. The fourth-order valence-corrected chi connectivity index (χ4v) is 4.23. The molecule has 1 fully saturated rings. The van der Waals surface area contributed by atoms with Crippen LogP contribution in [0.15, 0.2) is 30.3 Å². The second kappa shape index (κ2) is 8.23. The highest BCUT2D eigenvalue weighted by atomic mass is 28.4. The third kappa shape index (κ3) is 5.09. The topological polar surface area (TPSA) is 62.6 Å². The first kappa shape index (κ1) is 20.5. The maximum absolute atomic E-state index is 12.6. The fourth-order valence-electron chi connectivity index (χ4n) is 2.88. The number of benzene rings is 1. The molecular formula is C20H30N2O3Si. The van der Waals surface area contributed by atoms with Gasteiger partial charge in [-0.25, -0.2) is 4.79 Å². The van der Waals surface area contributed by atoms with Crippen LogP contribution in [0.1, 0.15) is 39.2 Å². The van der Waals surface area contributed by atoms with Crippen LogP contribution in [0.2, 0.25) is 18.1 Å². The SMILES string of the molecule is CC(C)(C)[Si](C)(C)OC1CC(CC#N)N(C(=O)OCc2ccccc2)C1. The molecule has 26 heavy (non-hydrogen) atoms. The summed E-state index contributed by atoms with van der Waals surface area (Å²) in [7, 11) is -1.92. The predicted molar refractivity (Wildman–Crippen MR) is 104 cm³/mol. The zero-order valence-electron chi connectivity index (χ0n) is 16.5. The van der Waals surface area contributed by atoms with E-state index >= 15 is 0 Å². The van der Waals surface area contributed by atoms with E-state index in [4.69, 9.17) is 14.4 Å². The molecule has 1 heterocycles. The van der Waals surface area contributed by atoms with Gasteiger partial charge in [-0.1, -0.05) is 51.1 Å². The van der Waals surface area contributed by atoms with E-state index in [0.29, 0.717) is 19.4 Å². The lowest BCUT2D eigenvalue weighted by atomic mass is 10.1. The third-order valence-electron chi connectivity index (χ3n) is 5.41. The predicted octanol–water partition coefficient (Wildman–Crippen LogP) is 4.70. The number of amides is 1. The quantitative estimate of drug-likeness (QED) is 0.701. The number of nitrogens with zero attached hydrogens (tertiary/aromatic N) is 2. The van der Waals surface area contributed by atoms with Crippen molar-refractivity contribution in [3.63, 3.8) is 0 Å². The van der Waals surface area contributed by atoms with Crippen molar-refractivity contribution in [3.05, 3.63) is 35.9 Å². The smallest absolute Gasteiger partial charge is 0.410 e. The molecule has 0 N–H and O–H groups in total. The van der Waals surface area contributed by atoms with Crippen LogP contribution in [0.3, 0.4) is 0 Å². The van der Waals surface area contributed by atoms with Gasteiger partial charge in [0.05, 0.1) is 24.6 Å². The summed E-state index contributed by atoms with van der Waals surface area (Å²) in [5, 5.41) is 9.23. The molecule has 0 spiro atoms. The van der Waals surface area contributed by atoms with Crippen LogP contribution in [-0.4, -0.2) is 38.0 Å². The summed E-state index contributed by atoms with van der Waals surface area (Å²) in [5.41, 5.74) is 0.950. The number of nitriles is 1. The van der Waals surface area contributed by atoms with Crippen molar-refractivity contribution in [2.75, 3.05) is 6.54 Å². The van der Waals surface area contributed by atoms with Gasteiger partial charge in [-0.2, -0.15) is 5.26 Å². The molecule has 0 aromatic heterocycles. The van der Waals surface area contributed by atoms with Gasteiger partial charge in [0.2, 0.25) is 0 Å². The fraction of sp³-hybridized carbons (Fsp3) is 0.600. The lowest BCUT2D eigenvalue weighted by Gasteiger charge is -2.38. The Morgan fingerprint density at radius 2 is 1.96 bits per heavy atom. The number of hydrogen-bond donors (Lipinski definition) is 0. The average molecular weight is 375 g/mol. The number of rotatable bonds is 5. The highest BCUT2D eigenvalue weighted by Gasteiger charge is 2.43. The number of ether oxygens (including phenoxy) is 1. The lowest BCUT2D eigenvalue weighted by molar-refractivity contribution is 0.0887. The van der Waals surface area contributed by atoms with Gasteiger partial charge in [0.1, 0.15) is 6.61 Å². The Balaban J connectivity index is 2.00. The van der Waals surface area contributed by atoms with Crippen molar-refractivity contribution >= 4 is 14.4 Å². The molecule has 0 saturated carbocycles. The molecule has 1 aromatic carbocycles. The van der Waals surface area contributed by atoms with Gasteiger partial charge in [0.15, 0.2) is 8.32 Å². The zero-order chi connectivity index (χ0) is 19.4. The van der Waals surface area contributed by atoms with E-state index in [2.05, 4.69) is 39.9 Å². The summed E-state index contributed by atoms with van der Waals surface area (Å²) in [4.78, 5) is 14.2. The van der Waals surface area contributed by atoms with Gasteiger partial charge < -0.3 is 14.1 Å². The average Bonchev–Trinajstić information content (AvgIpc) is 2.95. The minimum Gasteiger partial charge on any atom is -0.445 e. The Kier molecular flexibility index (Phi) is 6.48. The number of hydrogen-bond acceptors (Lipinski definition) is 4. The molecule has 2 atom stereocenters. The second-order valence-electron chi connectivity index (χ2n) is 8.44.